The van der Waals surface area contributed by atoms with Crippen LogP contribution in [0.5, 0.6) is 0 Å². The minimum Gasteiger partial charge on any atom is -0.545 e. The first-order chi connectivity index (χ1) is 6.58. The molecule has 0 aliphatic carbocycles. The van der Waals surface area contributed by atoms with Crippen LogP contribution in [0, 0.1) is 6.92 Å². The normalized spacial score (nSPS) is 12.3. The molecule has 1 rings (SSSR count). The highest BCUT2D eigenvalue weighted by atomic mass is 16.4. The van der Waals surface area contributed by atoms with Crippen molar-refractivity contribution >= 4 is 12.0 Å². The molecular weight excluding hydrogens is 180 g/mol. The number of furan rings is 1. The van der Waals surface area contributed by atoms with Gasteiger partial charge in [0.15, 0.2) is 0 Å². The lowest BCUT2D eigenvalue weighted by Gasteiger charge is -1.93. The number of carbonyl (C=O) groups is 1. The van der Waals surface area contributed by atoms with Gasteiger partial charge in [-0.15, -0.1) is 0 Å². The summed E-state index contributed by atoms with van der Waals surface area (Å²) in [6.45, 7) is 3.53. The summed E-state index contributed by atoms with van der Waals surface area (Å²) in [4.78, 5) is 10.2. The molecule has 0 spiro atoms. The maximum Gasteiger partial charge on any atom is 0.127 e. The number of aliphatic carboxylic acids is 1. The van der Waals surface area contributed by atoms with Gasteiger partial charge in [0.05, 0.1) is 5.97 Å². The van der Waals surface area contributed by atoms with Crippen LogP contribution >= 0.6 is 0 Å². The second-order valence-electron chi connectivity index (χ2n) is 2.99. The SMILES string of the molecule is CC(/C=C/c1ccc(C)o1)=C\C(=O)[O-]. The molecule has 0 amide bonds. The minimum absolute atomic E-state index is 0.610. The van der Waals surface area contributed by atoms with Crippen LogP contribution in [0.4, 0.5) is 0 Å². The number of hydrogen-bond donors (Lipinski definition) is 0. The standard InChI is InChI=1S/C11H12O3/c1-8(7-11(12)13)3-5-10-6-4-9(2)14-10/h3-7H,1-2H3,(H,12,13)/p-1/b5-3+,8-7+. The van der Waals surface area contributed by atoms with E-state index in [2.05, 4.69) is 0 Å². The molecule has 0 aliphatic rings. The van der Waals surface area contributed by atoms with E-state index in [-0.39, 0.29) is 0 Å². The molecule has 3 heteroatoms. The minimum atomic E-state index is -1.19. The zero-order valence-electron chi connectivity index (χ0n) is 8.11. The Morgan fingerprint density at radius 1 is 1.50 bits per heavy atom. The van der Waals surface area contributed by atoms with Crippen LogP contribution in [0.15, 0.2) is 34.3 Å². The third-order valence-corrected chi connectivity index (χ3v) is 1.62. The molecule has 0 N–H and O–H groups in total. The van der Waals surface area contributed by atoms with Gasteiger partial charge in [0, 0.05) is 0 Å². The smallest absolute Gasteiger partial charge is 0.127 e. The Bertz CT molecular complexity index is 383. The highest BCUT2D eigenvalue weighted by molar-refractivity contribution is 5.79. The number of aryl methyl sites for hydroxylation is 1. The van der Waals surface area contributed by atoms with Crippen molar-refractivity contribution in [2.24, 2.45) is 0 Å². The highest BCUT2D eigenvalue weighted by Crippen LogP contribution is 2.09. The second-order valence-corrected chi connectivity index (χ2v) is 2.99. The predicted octanol–water partition coefficient (Wildman–Crippen LogP) is 1.30. The maximum atomic E-state index is 10.2. The van der Waals surface area contributed by atoms with Crippen molar-refractivity contribution in [3.8, 4) is 0 Å². The maximum absolute atomic E-state index is 10.2. The van der Waals surface area contributed by atoms with E-state index >= 15 is 0 Å². The third kappa shape index (κ3) is 3.31. The molecule has 0 bridgehead atoms. The Labute approximate surface area is 82.4 Å². The van der Waals surface area contributed by atoms with Crippen LogP contribution in [0.1, 0.15) is 18.4 Å². The molecule has 1 aromatic rings. The second kappa shape index (κ2) is 4.46. The number of carboxylic acids is 1. The Balaban J connectivity index is 2.69. The first kappa shape index (κ1) is 10.3. The molecule has 0 radical (unpaired) electrons. The van der Waals surface area contributed by atoms with Gasteiger partial charge >= 0.3 is 0 Å². The molecule has 0 unspecified atom stereocenters. The molecule has 1 heterocycles. The van der Waals surface area contributed by atoms with Gasteiger partial charge in [0.25, 0.3) is 0 Å². The van der Waals surface area contributed by atoms with Crippen molar-refractivity contribution in [1.82, 2.24) is 0 Å². The van der Waals surface area contributed by atoms with Crippen molar-refractivity contribution in [2.75, 3.05) is 0 Å². The first-order valence-electron chi connectivity index (χ1n) is 4.22. The lowest BCUT2D eigenvalue weighted by Crippen LogP contribution is -2.19. The Morgan fingerprint density at radius 2 is 2.21 bits per heavy atom. The van der Waals surface area contributed by atoms with Crippen LogP contribution < -0.4 is 5.11 Å². The summed E-state index contributed by atoms with van der Waals surface area (Å²) in [5.41, 5.74) is 0.610. The van der Waals surface area contributed by atoms with Gasteiger partial charge in [-0.1, -0.05) is 6.08 Å². The van der Waals surface area contributed by atoms with Crippen molar-refractivity contribution < 1.29 is 14.3 Å². The molecule has 0 saturated carbocycles. The third-order valence-electron chi connectivity index (χ3n) is 1.62. The summed E-state index contributed by atoms with van der Waals surface area (Å²) in [7, 11) is 0. The fourth-order valence-electron chi connectivity index (χ4n) is 0.991. The van der Waals surface area contributed by atoms with E-state index in [9.17, 15) is 9.90 Å². The van der Waals surface area contributed by atoms with E-state index in [0.29, 0.717) is 11.3 Å². The summed E-state index contributed by atoms with van der Waals surface area (Å²) >= 11 is 0. The Kier molecular flexibility index (Phi) is 3.29. The van der Waals surface area contributed by atoms with E-state index in [1.165, 1.54) is 0 Å². The van der Waals surface area contributed by atoms with Gasteiger partial charge in [-0.25, -0.2) is 0 Å². The number of allylic oxidation sites excluding steroid dienone is 2. The average molecular weight is 191 g/mol. The lowest BCUT2D eigenvalue weighted by atomic mass is 10.2. The van der Waals surface area contributed by atoms with Gasteiger partial charge < -0.3 is 14.3 Å². The molecule has 0 saturated heterocycles. The van der Waals surface area contributed by atoms with E-state index in [4.69, 9.17) is 4.42 Å². The van der Waals surface area contributed by atoms with Crippen LogP contribution in [-0.2, 0) is 4.79 Å². The van der Waals surface area contributed by atoms with Crippen LogP contribution in [0.2, 0.25) is 0 Å². The van der Waals surface area contributed by atoms with Gasteiger partial charge in [-0.05, 0) is 43.7 Å². The number of carbonyl (C=O) groups excluding carboxylic acids is 1. The fourth-order valence-corrected chi connectivity index (χ4v) is 0.991. The monoisotopic (exact) mass is 191 g/mol. The molecule has 74 valence electrons. The van der Waals surface area contributed by atoms with Crippen LogP contribution in [0.3, 0.4) is 0 Å². The zero-order chi connectivity index (χ0) is 10.6. The molecular formula is C11H11O3-. The fraction of sp³-hybridized carbons (Fsp3) is 0.182. The summed E-state index contributed by atoms with van der Waals surface area (Å²) in [5, 5.41) is 10.2. The van der Waals surface area contributed by atoms with Gasteiger partial charge in [0.1, 0.15) is 11.5 Å². The van der Waals surface area contributed by atoms with E-state index < -0.39 is 5.97 Å². The van der Waals surface area contributed by atoms with Crippen molar-refractivity contribution in [1.29, 1.82) is 0 Å². The Hall–Kier alpha value is -1.77. The van der Waals surface area contributed by atoms with Crippen LogP contribution in [-0.4, -0.2) is 5.97 Å². The zero-order valence-corrected chi connectivity index (χ0v) is 8.11. The quantitative estimate of drug-likeness (QED) is 0.534. The molecule has 0 aliphatic heterocycles. The molecule has 0 aromatic carbocycles. The summed E-state index contributed by atoms with van der Waals surface area (Å²) in [6, 6.07) is 3.66. The molecule has 0 atom stereocenters. The average Bonchev–Trinajstić information content (AvgIpc) is 2.47. The first-order valence-corrected chi connectivity index (χ1v) is 4.22. The number of hydrogen-bond acceptors (Lipinski definition) is 3. The summed E-state index contributed by atoms with van der Waals surface area (Å²) in [5.74, 6) is 0.336. The molecule has 1 aromatic heterocycles. The summed E-state index contributed by atoms with van der Waals surface area (Å²) in [6.07, 6.45) is 4.40. The van der Waals surface area contributed by atoms with Gasteiger partial charge in [0.2, 0.25) is 0 Å². The van der Waals surface area contributed by atoms with E-state index in [1.807, 2.05) is 19.1 Å². The molecule has 3 nitrogen and oxygen atoms in total. The Morgan fingerprint density at radius 3 is 2.71 bits per heavy atom. The predicted molar refractivity (Wildman–Crippen MR) is 51.2 cm³/mol. The van der Waals surface area contributed by atoms with Crippen molar-refractivity contribution in [3.05, 3.63) is 41.4 Å². The molecule has 0 fully saturated rings. The van der Waals surface area contributed by atoms with Crippen LogP contribution in [0.25, 0.3) is 6.08 Å². The highest BCUT2D eigenvalue weighted by Gasteiger charge is 1.91. The topological polar surface area (TPSA) is 53.3 Å². The number of rotatable bonds is 3. The number of carboxylic acid groups (broad SMARTS) is 1. The molecule has 14 heavy (non-hydrogen) atoms. The van der Waals surface area contributed by atoms with Gasteiger partial charge in [-0.3, -0.25) is 0 Å². The largest absolute Gasteiger partial charge is 0.545 e. The summed E-state index contributed by atoms with van der Waals surface area (Å²) < 4.78 is 5.26. The van der Waals surface area contributed by atoms with E-state index in [0.717, 1.165) is 11.8 Å². The van der Waals surface area contributed by atoms with Crippen molar-refractivity contribution in [2.45, 2.75) is 13.8 Å². The van der Waals surface area contributed by atoms with Gasteiger partial charge in [-0.2, -0.15) is 0 Å². The van der Waals surface area contributed by atoms with Crippen molar-refractivity contribution in [3.63, 3.8) is 0 Å². The van der Waals surface area contributed by atoms with E-state index in [1.54, 1.807) is 19.1 Å². The lowest BCUT2D eigenvalue weighted by molar-refractivity contribution is -0.297.